The van der Waals surface area contributed by atoms with Crippen LogP contribution in [-0.2, 0) is 0 Å². The van der Waals surface area contributed by atoms with Crippen LogP contribution in [0.3, 0.4) is 0 Å². The first-order chi connectivity index (χ1) is 13.2. The monoisotopic (exact) mass is 349 g/mol. The number of H-pyrrole nitrogens is 1. The highest BCUT2D eigenvalue weighted by molar-refractivity contribution is 6.09. The minimum atomic E-state index is 1.03. The average Bonchev–Trinajstić information content (AvgIpc) is 3.06. The van der Waals surface area contributed by atoms with Crippen LogP contribution in [0.15, 0.2) is 73.1 Å². The lowest BCUT2D eigenvalue weighted by Crippen LogP contribution is -1.83. The zero-order valence-electron chi connectivity index (χ0n) is 15.3. The van der Waals surface area contributed by atoms with Gasteiger partial charge in [0.05, 0.1) is 0 Å². The van der Waals surface area contributed by atoms with E-state index in [1.807, 2.05) is 26.2 Å². The smallest absolute Gasteiger partial charge is 0.0465 e. The lowest BCUT2D eigenvalue weighted by Gasteiger charge is -2.04. The molecule has 0 spiro atoms. The highest BCUT2D eigenvalue weighted by Gasteiger charge is 2.08. The Hall–Kier alpha value is -3.46. The van der Waals surface area contributed by atoms with Crippen molar-refractivity contribution in [2.75, 3.05) is 0 Å². The molecule has 3 heterocycles. The number of hydrogen-bond acceptors (Lipinski definition) is 2. The van der Waals surface area contributed by atoms with E-state index in [4.69, 9.17) is 0 Å². The highest BCUT2D eigenvalue weighted by atomic mass is 14.7. The minimum Gasteiger partial charge on any atom is -0.355 e. The summed E-state index contributed by atoms with van der Waals surface area (Å²) in [6, 6.07) is 21.5. The summed E-state index contributed by atoms with van der Waals surface area (Å²) in [4.78, 5) is 12.4. The molecule has 1 N–H and O–H groups in total. The molecular weight excluding hydrogens is 330 g/mol. The fraction of sp³-hybridized carbons (Fsp3) is 0.0833. The van der Waals surface area contributed by atoms with E-state index in [-0.39, 0.29) is 0 Å². The fourth-order valence-corrected chi connectivity index (χ4v) is 3.53. The Bertz CT molecular complexity index is 1160. The van der Waals surface area contributed by atoms with Crippen LogP contribution in [0.4, 0.5) is 0 Å². The van der Waals surface area contributed by atoms with Gasteiger partial charge in [-0.3, -0.25) is 9.97 Å². The first kappa shape index (κ1) is 15.8. The molecule has 0 radical (unpaired) electrons. The molecule has 0 fully saturated rings. The third kappa shape index (κ3) is 2.77. The maximum absolute atomic E-state index is 4.43. The summed E-state index contributed by atoms with van der Waals surface area (Å²) in [7, 11) is 0. The fourth-order valence-electron chi connectivity index (χ4n) is 3.53. The van der Waals surface area contributed by atoms with Crippen LogP contribution in [0.5, 0.6) is 0 Å². The van der Waals surface area contributed by atoms with E-state index in [0.29, 0.717) is 0 Å². The first-order valence-electron chi connectivity index (χ1n) is 9.09. The molecule has 2 aromatic carbocycles. The predicted octanol–water partition coefficient (Wildman–Crippen LogP) is 6.06. The molecule has 0 saturated carbocycles. The summed E-state index contributed by atoms with van der Waals surface area (Å²) in [5.74, 6) is 0. The molecule has 3 aromatic heterocycles. The Kier molecular flexibility index (Phi) is 3.54. The highest BCUT2D eigenvalue weighted by Crippen LogP contribution is 2.32. The van der Waals surface area contributed by atoms with Crippen molar-refractivity contribution >= 4 is 21.8 Å². The second kappa shape index (κ2) is 6.06. The first-order valence-corrected chi connectivity index (χ1v) is 9.09. The average molecular weight is 349 g/mol. The summed E-state index contributed by atoms with van der Waals surface area (Å²) >= 11 is 0. The van der Waals surface area contributed by atoms with Gasteiger partial charge in [0, 0.05) is 56.7 Å². The number of hydrogen-bond donors (Lipinski definition) is 1. The molecule has 0 aliphatic rings. The Labute approximate surface area is 157 Å². The molecule has 27 heavy (non-hydrogen) atoms. The van der Waals surface area contributed by atoms with Crippen LogP contribution in [0, 0.1) is 13.8 Å². The maximum atomic E-state index is 4.43. The molecule has 3 nitrogen and oxygen atoms in total. The van der Waals surface area contributed by atoms with Gasteiger partial charge < -0.3 is 4.98 Å². The zero-order valence-corrected chi connectivity index (χ0v) is 15.3. The largest absolute Gasteiger partial charge is 0.355 e. The van der Waals surface area contributed by atoms with Crippen molar-refractivity contribution in [1.82, 2.24) is 15.0 Å². The Morgan fingerprint density at radius 1 is 0.556 bits per heavy atom. The van der Waals surface area contributed by atoms with Gasteiger partial charge in [0.2, 0.25) is 0 Å². The second-order valence-corrected chi connectivity index (χ2v) is 7.02. The number of pyridine rings is 2. The lowest BCUT2D eigenvalue weighted by molar-refractivity contribution is 1.20. The SMILES string of the molecule is Cc1ccc(-c2ccc3[nH]c4ccc(-c5ccc(C)nc5)cc4c3c2)cn1. The van der Waals surface area contributed by atoms with Gasteiger partial charge in [-0.15, -0.1) is 0 Å². The van der Waals surface area contributed by atoms with E-state index >= 15 is 0 Å². The van der Waals surface area contributed by atoms with Gasteiger partial charge in [-0.05, 0) is 61.4 Å². The summed E-state index contributed by atoms with van der Waals surface area (Å²) < 4.78 is 0. The van der Waals surface area contributed by atoms with Gasteiger partial charge >= 0.3 is 0 Å². The number of aromatic nitrogens is 3. The predicted molar refractivity (Wildman–Crippen MR) is 112 cm³/mol. The minimum absolute atomic E-state index is 1.03. The molecule has 0 unspecified atom stereocenters. The number of fused-ring (bicyclic) bond motifs is 3. The van der Waals surface area contributed by atoms with Crippen molar-refractivity contribution in [2.24, 2.45) is 0 Å². The Balaban J connectivity index is 1.68. The van der Waals surface area contributed by atoms with Crippen LogP contribution >= 0.6 is 0 Å². The summed E-state index contributed by atoms with van der Waals surface area (Å²) in [5, 5.41) is 2.45. The number of benzene rings is 2. The van der Waals surface area contributed by atoms with Gasteiger partial charge in [-0.2, -0.15) is 0 Å². The van der Waals surface area contributed by atoms with Crippen molar-refractivity contribution in [1.29, 1.82) is 0 Å². The van der Waals surface area contributed by atoms with E-state index in [1.54, 1.807) is 0 Å². The van der Waals surface area contributed by atoms with Crippen molar-refractivity contribution in [3.8, 4) is 22.3 Å². The van der Waals surface area contributed by atoms with Crippen LogP contribution in [-0.4, -0.2) is 15.0 Å². The van der Waals surface area contributed by atoms with Crippen molar-refractivity contribution in [3.05, 3.63) is 84.4 Å². The molecule has 0 bridgehead atoms. The molecule has 0 atom stereocenters. The molecule has 5 aromatic rings. The van der Waals surface area contributed by atoms with Crippen LogP contribution in [0.2, 0.25) is 0 Å². The van der Waals surface area contributed by atoms with Crippen molar-refractivity contribution in [3.63, 3.8) is 0 Å². The Morgan fingerprint density at radius 3 is 1.41 bits per heavy atom. The topological polar surface area (TPSA) is 41.6 Å². The zero-order chi connectivity index (χ0) is 18.4. The van der Waals surface area contributed by atoms with E-state index in [0.717, 1.165) is 33.5 Å². The number of aryl methyl sites for hydroxylation is 2. The molecule has 0 amide bonds. The van der Waals surface area contributed by atoms with E-state index < -0.39 is 0 Å². The molecule has 130 valence electrons. The molecular formula is C24H19N3. The molecule has 3 heteroatoms. The number of rotatable bonds is 2. The second-order valence-electron chi connectivity index (χ2n) is 7.02. The van der Waals surface area contributed by atoms with E-state index in [2.05, 4.69) is 75.6 Å². The maximum Gasteiger partial charge on any atom is 0.0465 e. The van der Waals surface area contributed by atoms with Crippen LogP contribution in [0.1, 0.15) is 11.4 Å². The van der Waals surface area contributed by atoms with Crippen LogP contribution < -0.4 is 0 Å². The molecule has 5 rings (SSSR count). The number of nitrogens with one attached hydrogen (secondary N) is 1. The van der Waals surface area contributed by atoms with Gasteiger partial charge in [-0.25, -0.2) is 0 Å². The number of nitrogens with zero attached hydrogens (tertiary/aromatic N) is 2. The quantitative estimate of drug-likeness (QED) is 0.421. The Morgan fingerprint density at radius 2 is 1.00 bits per heavy atom. The standard InChI is InChI=1S/C24H19N3/c1-15-3-5-19(13-25-15)17-7-9-23-21(11-17)22-12-18(8-10-24(22)27-23)20-6-4-16(2)26-14-20/h3-14,27H,1-2H3. The number of aromatic amines is 1. The van der Waals surface area contributed by atoms with Gasteiger partial charge in [-0.1, -0.05) is 24.3 Å². The van der Waals surface area contributed by atoms with Crippen LogP contribution in [0.25, 0.3) is 44.1 Å². The normalized spacial score (nSPS) is 11.3. The third-order valence-corrected chi connectivity index (χ3v) is 5.09. The lowest BCUT2D eigenvalue weighted by atomic mass is 10.0. The van der Waals surface area contributed by atoms with Gasteiger partial charge in [0.15, 0.2) is 0 Å². The molecule has 0 saturated heterocycles. The summed E-state index contributed by atoms with van der Waals surface area (Å²) in [6.45, 7) is 4.02. The van der Waals surface area contributed by atoms with E-state index in [1.165, 1.54) is 21.9 Å². The van der Waals surface area contributed by atoms with Gasteiger partial charge in [0.1, 0.15) is 0 Å². The van der Waals surface area contributed by atoms with E-state index in [9.17, 15) is 0 Å². The molecule has 0 aliphatic heterocycles. The summed E-state index contributed by atoms with van der Waals surface area (Å²) in [6.07, 6.45) is 3.88. The van der Waals surface area contributed by atoms with Crippen molar-refractivity contribution in [2.45, 2.75) is 13.8 Å². The third-order valence-electron chi connectivity index (χ3n) is 5.09. The van der Waals surface area contributed by atoms with Gasteiger partial charge in [0.25, 0.3) is 0 Å². The summed E-state index contributed by atoms with van der Waals surface area (Å²) in [5.41, 5.74) is 8.98. The van der Waals surface area contributed by atoms with Crippen molar-refractivity contribution < 1.29 is 0 Å². The molecule has 0 aliphatic carbocycles.